The molecule has 0 amide bonds. The molecule has 2 saturated heterocycles. The van der Waals surface area contributed by atoms with Crippen LogP contribution >= 0.6 is 0 Å². The van der Waals surface area contributed by atoms with Gasteiger partial charge in [-0.2, -0.15) is 0 Å². The van der Waals surface area contributed by atoms with E-state index in [4.69, 9.17) is 18.9 Å². The monoisotopic (exact) mass is 596 g/mol. The third-order valence-electron chi connectivity index (χ3n) is 10.6. The summed E-state index contributed by atoms with van der Waals surface area (Å²) in [6, 6.07) is 20.0. The van der Waals surface area contributed by atoms with Gasteiger partial charge in [-0.05, 0) is 60.8 Å². The Kier molecular flexibility index (Phi) is 5.95. The minimum absolute atomic E-state index is 0.125. The van der Waals surface area contributed by atoms with Crippen LogP contribution < -0.4 is 0 Å². The van der Waals surface area contributed by atoms with E-state index in [1.807, 2.05) is 50.2 Å². The van der Waals surface area contributed by atoms with E-state index < -0.39 is 46.3 Å². The Balaban J connectivity index is 1.51. The highest BCUT2D eigenvalue weighted by molar-refractivity contribution is 6.07. The molecule has 7 rings (SSSR count). The maximum atomic E-state index is 13.9. The smallest absolute Gasteiger partial charge is 0.331 e. The molecule has 3 fully saturated rings. The minimum atomic E-state index is -1.63. The molecule has 0 unspecified atom stereocenters. The molecule has 2 heterocycles. The van der Waals surface area contributed by atoms with Crippen LogP contribution in [-0.2, 0) is 38.1 Å². The van der Waals surface area contributed by atoms with Crippen molar-refractivity contribution in [1.29, 1.82) is 0 Å². The second kappa shape index (κ2) is 9.16. The van der Waals surface area contributed by atoms with Gasteiger partial charge < -0.3 is 18.9 Å². The molecular weight excluding hydrogens is 560 g/mol. The Morgan fingerprint density at radius 3 is 1.11 bits per heavy atom. The van der Waals surface area contributed by atoms with Gasteiger partial charge in [-0.25, -0.2) is 0 Å². The number of allylic oxidation sites excluding steroid dienone is 2. The van der Waals surface area contributed by atoms with Crippen molar-refractivity contribution in [3.05, 3.63) is 94.1 Å². The molecule has 0 aromatic heterocycles. The van der Waals surface area contributed by atoms with Crippen molar-refractivity contribution in [2.24, 2.45) is 22.7 Å². The molecule has 8 nitrogen and oxygen atoms in total. The SMILES string of the molecule is CC1=C2[C@@H](CC13C(=O)OC(C)(C)OC3=O)[C@@H]1CC3(C(=O)OC(C)(C)OC3=O)C(C)=C1[C@@H](c1ccccc1)[C@@H]2c1ccccc1. The average molecular weight is 597 g/mol. The summed E-state index contributed by atoms with van der Waals surface area (Å²) in [6.45, 7) is 9.87. The van der Waals surface area contributed by atoms with Gasteiger partial charge >= 0.3 is 23.9 Å². The van der Waals surface area contributed by atoms with E-state index in [1.165, 1.54) is 0 Å². The molecule has 3 aliphatic carbocycles. The lowest BCUT2D eigenvalue weighted by atomic mass is 9.59. The van der Waals surface area contributed by atoms with E-state index in [2.05, 4.69) is 24.3 Å². The van der Waals surface area contributed by atoms with Crippen molar-refractivity contribution in [2.75, 3.05) is 0 Å². The van der Waals surface area contributed by atoms with Crippen molar-refractivity contribution < 1.29 is 38.1 Å². The number of hydrogen-bond donors (Lipinski definition) is 0. The molecule has 228 valence electrons. The van der Waals surface area contributed by atoms with Gasteiger partial charge in [0.2, 0.25) is 0 Å². The summed E-state index contributed by atoms with van der Waals surface area (Å²) >= 11 is 0. The standard InChI is InChI=1S/C36H36O8/c1-19-25-23(17-35(19)29(37)41-33(3,4)42-30(35)38)24-18-36(31(39)43-34(5,6)44-32(36)40)20(2)26(24)28(22-15-11-8-12-16-22)27(25)21-13-9-7-10-14-21/h7-16,23-24,27-28H,17-18H2,1-6H3/t23-,24-,27+,28+/m0/s1. The fourth-order valence-electron chi connectivity index (χ4n) is 8.70. The van der Waals surface area contributed by atoms with Crippen molar-refractivity contribution in [2.45, 2.75) is 77.8 Å². The summed E-state index contributed by atoms with van der Waals surface area (Å²) in [5.74, 6) is -6.56. The number of fused-ring (bicyclic) bond motifs is 3. The maximum Gasteiger partial charge on any atom is 0.331 e. The van der Waals surface area contributed by atoms with Gasteiger partial charge in [-0.3, -0.25) is 19.2 Å². The molecule has 2 aromatic rings. The van der Waals surface area contributed by atoms with Crippen LogP contribution in [0.5, 0.6) is 0 Å². The zero-order chi connectivity index (χ0) is 31.4. The highest BCUT2D eigenvalue weighted by atomic mass is 16.8. The molecule has 0 bridgehead atoms. The summed E-state index contributed by atoms with van der Waals surface area (Å²) in [6.07, 6.45) is 0.250. The summed E-state index contributed by atoms with van der Waals surface area (Å²) < 4.78 is 22.9. The van der Waals surface area contributed by atoms with Crippen LogP contribution in [0, 0.1) is 22.7 Å². The first kappa shape index (κ1) is 28.6. The van der Waals surface area contributed by atoms with Crippen LogP contribution in [0.25, 0.3) is 0 Å². The number of ether oxygens (including phenoxy) is 4. The van der Waals surface area contributed by atoms with Crippen LogP contribution in [0.3, 0.4) is 0 Å². The number of benzene rings is 2. The molecule has 2 spiro atoms. The van der Waals surface area contributed by atoms with Crippen molar-refractivity contribution in [3.63, 3.8) is 0 Å². The second-order valence-electron chi connectivity index (χ2n) is 13.7. The second-order valence-corrected chi connectivity index (χ2v) is 13.7. The third-order valence-corrected chi connectivity index (χ3v) is 10.6. The molecule has 0 N–H and O–H groups in total. The van der Waals surface area contributed by atoms with E-state index in [-0.39, 0.29) is 36.5 Å². The molecular formula is C36H36O8. The fraction of sp³-hybridized carbons (Fsp3) is 0.444. The van der Waals surface area contributed by atoms with Crippen molar-refractivity contribution in [3.8, 4) is 0 Å². The van der Waals surface area contributed by atoms with Gasteiger partial charge in [-0.1, -0.05) is 71.8 Å². The van der Waals surface area contributed by atoms with Gasteiger partial charge in [0.1, 0.15) is 0 Å². The Bertz CT molecular complexity index is 1510. The van der Waals surface area contributed by atoms with Crippen LogP contribution in [0.15, 0.2) is 83.0 Å². The molecule has 5 aliphatic rings. The molecule has 2 aliphatic heterocycles. The van der Waals surface area contributed by atoms with Crippen LogP contribution in [0.1, 0.15) is 77.3 Å². The Morgan fingerprint density at radius 1 is 0.523 bits per heavy atom. The first-order valence-electron chi connectivity index (χ1n) is 15.2. The first-order chi connectivity index (χ1) is 20.7. The van der Waals surface area contributed by atoms with E-state index in [0.29, 0.717) is 11.1 Å². The quantitative estimate of drug-likeness (QED) is 0.240. The number of carbonyl (C=O) groups is 4. The van der Waals surface area contributed by atoms with Crippen LogP contribution in [-0.4, -0.2) is 35.5 Å². The van der Waals surface area contributed by atoms with Gasteiger partial charge in [0.05, 0.1) is 0 Å². The van der Waals surface area contributed by atoms with Gasteiger partial charge in [0.15, 0.2) is 10.8 Å². The van der Waals surface area contributed by atoms with Gasteiger partial charge in [0.25, 0.3) is 11.6 Å². The lowest BCUT2D eigenvalue weighted by Gasteiger charge is -2.44. The summed E-state index contributed by atoms with van der Waals surface area (Å²) in [7, 11) is 0. The summed E-state index contributed by atoms with van der Waals surface area (Å²) in [5, 5.41) is 0. The van der Waals surface area contributed by atoms with Crippen molar-refractivity contribution >= 4 is 23.9 Å². The number of rotatable bonds is 2. The molecule has 44 heavy (non-hydrogen) atoms. The first-order valence-corrected chi connectivity index (χ1v) is 15.2. The zero-order valence-electron chi connectivity index (χ0n) is 25.8. The molecule has 4 atom stereocenters. The molecule has 2 aromatic carbocycles. The lowest BCUT2D eigenvalue weighted by molar-refractivity contribution is -0.250. The minimum Gasteiger partial charge on any atom is -0.422 e. The topological polar surface area (TPSA) is 105 Å². The Morgan fingerprint density at radius 2 is 0.818 bits per heavy atom. The third kappa shape index (κ3) is 3.69. The maximum absolute atomic E-state index is 13.9. The number of carbonyl (C=O) groups excluding carboxylic acids is 4. The Hall–Kier alpha value is -4.20. The number of hydrogen-bond acceptors (Lipinski definition) is 8. The van der Waals surface area contributed by atoms with E-state index in [9.17, 15) is 19.2 Å². The highest BCUT2D eigenvalue weighted by Crippen LogP contribution is 2.69. The fourth-order valence-corrected chi connectivity index (χ4v) is 8.70. The number of esters is 4. The molecule has 1 saturated carbocycles. The molecule has 8 heteroatoms. The predicted molar refractivity (Wildman–Crippen MR) is 157 cm³/mol. The van der Waals surface area contributed by atoms with E-state index in [0.717, 1.165) is 22.3 Å². The van der Waals surface area contributed by atoms with E-state index in [1.54, 1.807) is 27.7 Å². The molecule has 0 radical (unpaired) electrons. The van der Waals surface area contributed by atoms with Crippen LogP contribution in [0.2, 0.25) is 0 Å². The van der Waals surface area contributed by atoms with E-state index >= 15 is 0 Å². The van der Waals surface area contributed by atoms with Gasteiger partial charge in [0, 0.05) is 39.5 Å². The normalized spacial score (nSPS) is 30.9. The van der Waals surface area contributed by atoms with Gasteiger partial charge in [-0.15, -0.1) is 0 Å². The Labute approximate surface area is 256 Å². The predicted octanol–water partition coefficient (Wildman–Crippen LogP) is 5.89. The summed E-state index contributed by atoms with van der Waals surface area (Å²) in [4.78, 5) is 55.6. The number of cyclic esters (lactones) is 4. The zero-order valence-corrected chi connectivity index (χ0v) is 25.8. The highest BCUT2D eigenvalue weighted by Gasteiger charge is 2.70. The largest absolute Gasteiger partial charge is 0.422 e. The van der Waals surface area contributed by atoms with Crippen molar-refractivity contribution in [1.82, 2.24) is 0 Å². The summed E-state index contributed by atoms with van der Waals surface area (Å²) in [5.41, 5.74) is 1.91. The lowest BCUT2D eigenvalue weighted by Crippen LogP contribution is -2.54. The average Bonchev–Trinajstić information content (AvgIpc) is 3.44. The van der Waals surface area contributed by atoms with Crippen LogP contribution in [0.4, 0.5) is 0 Å².